The Morgan fingerprint density at radius 1 is 0.382 bits per heavy atom. The van der Waals surface area contributed by atoms with Gasteiger partial charge in [-0.25, -0.2) is 0 Å². The van der Waals surface area contributed by atoms with Crippen molar-refractivity contribution in [1.82, 2.24) is 0 Å². The maximum atomic E-state index is 8.50. The molecule has 0 radical (unpaired) electrons. The van der Waals surface area contributed by atoms with Crippen LogP contribution in [0.15, 0.2) is 77.9 Å². The Hall–Kier alpha value is -3.81. The molecule has 0 N–H and O–H groups in total. The lowest BCUT2D eigenvalue weighted by Gasteiger charge is -2.33. The number of aryl methyl sites for hydroxylation is 2. The summed E-state index contributed by atoms with van der Waals surface area (Å²) in [5.41, 5.74) is 26.4. The third-order valence-electron chi connectivity index (χ3n) is 16.7. The molecule has 2 aliphatic carbocycles. The average molecular weight is 918 g/mol. The first-order valence-electron chi connectivity index (χ1n) is 28.9. The summed E-state index contributed by atoms with van der Waals surface area (Å²) >= 11 is 0. The van der Waals surface area contributed by atoms with Crippen LogP contribution in [0.5, 0.6) is 0 Å². The molecule has 0 heterocycles. The average Bonchev–Trinajstić information content (AvgIpc) is 3.75. The zero-order chi connectivity index (χ0) is 47.9. The minimum Gasteiger partial charge on any atom is -0.0940 e. The fraction of sp³-hybridized carbons (Fsp3) is 0.631. The zero-order valence-electron chi connectivity index (χ0n) is 44.3. The quantitative estimate of drug-likeness (QED) is 0.0189. The highest BCUT2D eigenvalue weighted by Crippen LogP contribution is 2.56. The van der Waals surface area contributed by atoms with Gasteiger partial charge in [-0.05, 0) is 113 Å². The first-order valence-corrected chi connectivity index (χ1v) is 28.9. The van der Waals surface area contributed by atoms with Gasteiger partial charge in [0.2, 0.25) is 0 Å². The first kappa shape index (κ1) is 53.5. The van der Waals surface area contributed by atoms with E-state index in [9.17, 15) is 0 Å². The van der Waals surface area contributed by atoms with E-state index in [4.69, 9.17) is 5.53 Å². The molecular weight excluding hydrogens is 823 g/mol. The standard InChI is InChI=1S/C65H95N3/c1-6-8-10-12-14-16-21-25-29-33-45-65(46-34-30-26-22-17-15-13-11-9-7-2)62-49-53(4)37-41-58(62)59-43-39-55(51-63(59)65)54-38-42-57-56-40-36-52(3)48-60(56)64(5,61(57)50-54)44-32-28-24-20-18-19-23-27-31-35-47-67-68-66/h36-43,48-51H,6-35,44-47H2,1-5H3. The number of rotatable bonds is 36. The number of unbranched alkanes of at least 4 members (excludes halogenated alkanes) is 27. The molecule has 3 nitrogen and oxygen atoms in total. The maximum Gasteiger partial charge on any atom is 0.0257 e. The second-order valence-corrected chi connectivity index (χ2v) is 22.1. The summed E-state index contributed by atoms with van der Waals surface area (Å²) in [4.78, 5) is 2.88. The maximum absolute atomic E-state index is 8.50. The van der Waals surface area contributed by atoms with Gasteiger partial charge in [0.05, 0.1) is 0 Å². The SMILES string of the molecule is CCCCCCCCCCCCC1(CCCCCCCCCCCC)c2cc(C)ccc2-c2ccc(-c3ccc4c(c3)C(C)(CCCCCCCCCCCCN=[N+]=[N-])c3cc(C)ccc3-4)cc21. The van der Waals surface area contributed by atoms with Gasteiger partial charge in [-0.1, -0.05) is 284 Å². The Morgan fingerprint density at radius 3 is 1.15 bits per heavy atom. The van der Waals surface area contributed by atoms with Gasteiger partial charge in [0, 0.05) is 22.3 Å². The number of hydrogen-bond donors (Lipinski definition) is 0. The summed E-state index contributed by atoms with van der Waals surface area (Å²) in [7, 11) is 0. The largest absolute Gasteiger partial charge is 0.0940 e. The van der Waals surface area contributed by atoms with Crippen molar-refractivity contribution >= 4 is 0 Å². The smallest absolute Gasteiger partial charge is 0.0257 e. The van der Waals surface area contributed by atoms with Crippen molar-refractivity contribution in [2.75, 3.05) is 6.54 Å². The highest BCUT2D eigenvalue weighted by Gasteiger charge is 2.43. The highest BCUT2D eigenvalue weighted by atomic mass is 15.1. The van der Waals surface area contributed by atoms with E-state index < -0.39 is 0 Å². The van der Waals surface area contributed by atoms with E-state index in [1.54, 1.807) is 11.1 Å². The Bertz CT molecular complexity index is 2130. The van der Waals surface area contributed by atoms with Crippen molar-refractivity contribution in [3.8, 4) is 33.4 Å². The van der Waals surface area contributed by atoms with Gasteiger partial charge < -0.3 is 0 Å². The number of nitrogens with zero attached hydrogens (tertiary/aromatic N) is 3. The lowest BCUT2D eigenvalue weighted by Crippen LogP contribution is -2.25. The molecule has 0 aliphatic heterocycles. The Morgan fingerprint density at radius 2 is 0.706 bits per heavy atom. The molecule has 6 rings (SSSR count). The van der Waals surface area contributed by atoms with Crippen LogP contribution >= 0.6 is 0 Å². The van der Waals surface area contributed by atoms with Crippen molar-refractivity contribution < 1.29 is 0 Å². The van der Waals surface area contributed by atoms with E-state index >= 15 is 0 Å². The van der Waals surface area contributed by atoms with Crippen LogP contribution in [0.25, 0.3) is 43.8 Å². The summed E-state index contributed by atoms with van der Waals surface area (Å²) in [5, 5.41) is 3.68. The van der Waals surface area contributed by atoms with E-state index in [0.29, 0.717) is 6.54 Å². The van der Waals surface area contributed by atoms with Crippen LogP contribution < -0.4 is 0 Å². The van der Waals surface area contributed by atoms with E-state index in [1.165, 1.54) is 261 Å². The zero-order valence-corrected chi connectivity index (χ0v) is 44.3. The minimum atomic E-state index is 0.0154. The van der Waals surface area contributed by atoms with Crippen LogP contribution in [0.1, 0.15) is 266 Å². The molecule has 1 atom stereocenters. The summed E-state index contributed by atoms with van der Waals surface area (Å²) < 4.78 is 0. The lowest BCUT2D eigenvalue weighted by molar-refractivity contribution is 0.397. The van der Waals surface area contributed by atoms with Crippen LogP contribution in [-0.4, -0.2) is 6.54 Å². The second kappa shape index (κ2) is 28.8. The molecule has 0 spiro atoms. The van der Waals surface area contributed by atoms with Crippen molar-refractivity contribution in [2.24, 2.45) is 5.11 Å². The van der Waals surface area contributed by atoms with Crippen LogP contribution in [0.2, 0.25) is 0 Å². The van der Waals surface area contributed by atoms with Crippen LogP contribution in [0.4, 0.5) is 0 Å². The Balaban J connectivity index is 1.19. The van der Waals surface area contributed by atoms with Gasteiger partial charge in [0.25, 0.3) is 0 Å². The van der Waals surface area contributed by atoms with Gasteiger partial charge in [-0.15, -0.1) is 0 Å². The van der Waals surface area contributed by atoms with Crippen molar-refractivity contribution in [2.45, 2.75) is 257 Å². The molecule has 0 amide bonds. The number of fused-ring (bicyclic) bond motifs is 6. The first-order chi connectivity index (χ1) is 33.4. The second-order valence-electron chi connectivity index (χ2n) is 22.1. The van der Waals surface area contributed by atoms with E-state index in [-0.39, 0.29) is 10.8 Å². The molecule has 370 valence electrons. The molecular formula is C65H95N3. The summed E-state index contributed by atoms with van der Waals surface area (Å²) in [6.45, 7) is 12.5. The third kappa shape index (κ3) is 14.6. The van der Waals surface area contributed by atoms with Gasteiger partial charge in [-0.3, -0.25) is 0 Å². The number of azide groups is 1. The van der Waals surface area contributed by atoms with Gasteiger partial charge in [0.1, 0.15) is 0 Å². The van der Waals surface area contributed by atoms with Gasteiger partial charge in [0.15, 0.2) is 0 Å². The molecule has 4 aromatic rings. The third-order valence-corrected chi connectivity index (χ3v) is 16.7. The van der Waals surface area contributed by atoms with Crippen LogP contribution in [-0.2, 0) is 10.8 Å². The summed E-state index contributed by atoms with van der Waals surface area (Å²) in [6, 6.07) is 29.9. The molecule has 0 saturated carbocycles. The molecule has 68 heavy (non-hydrogen) atoms. The molecule has 0 saturated heterocycles. The fourth-order valence-electron chi connectivity index (χ4n) is 12.6. The number of benzene rings is 4. The monoisotopic (exact) mass is 918 g/mol. The summed E-state index contributed by atoms with van der Waals surface area (Å²) in [6.07, 6.45) is 44.2. The molecule has 2 aliphatic rings. The molecule has 1 unspecified atom stereocenters. The highest BCUT2D eigenvalue weighted by molar-refractivity contribution is 5.87. The van der Waals surface area contributed by atoms with Gasteiger partial charge >= 0.3 is 0 Å². The summed E-state index contributed by atoms with van der Waals surface area (Å²) in [5.74, 6) is 0. The van der Waals surface area contributed by atoms with Crippen molar-refractivity contribution in [3.05, 3.63) is 117 Å². The minimum absolute atomic E-state index is 0.0154. The molecule has 0 fully saturated rings. The Kier molecular flexibility index (Phi) is 22.6. The van der Waals surface area contributed by atoms with Crippen molar-refractivity contribution in [3.63, 3.8) is 0 Å². The predicted octanol–water partition coefficient (Wildman–Crippen LogP) is 21.7. The Labute approximate surface area is 417 Å². The molecule has 0 aromatic heterocycles. The van der Waals surface area contributed by atoms with Crippen LogP contribution in [0, 0.1) is 13.8 Å². The topological polar surface area (TPSA) is 48.8 Å². The lowest BCUT2D eigenvalue weighted by atomic mass is 9.70. The number of hydrogen-bond acceptors (Lipinski definition) is 1. The van der Waals surface area contributed by atoms with E-state index in [2.05, 4.69) is 117 Å². The predicted molar refractivity (Wildman–Crippen MR) is 297 cm³/mol. The van der Waals surface area contributed by atoms with Crippen molar-refractivity contribution in [1.29, 1.82) is 0 Å². The molecule has 0 bridgehead atoms. The normalized spacial score (nSPS) is 15.2. The van der Waals surface area contributed by atoms with E-state index in [0.717, 1.165) is 6.42 Å². The van der Waals surface area contributed by atoms with Crippen LogP contribution in [0.3, 0.4) is 0 Å². The fourth-order valence-corrected chi connectivity index (χ4v) is 12.6. The van der Waals surface area contributed by atoms with Gasteiger partial charge in [-0.2, -0.15) is 0 Å². The molecule has 3 heteroatoms. The molecule has 4 aromatic carbocycles. The van der Waals surface area contributed by atoms with E-state index in [1.807, 2.05) is 0 Å².